The van der Waals surface area contributed by atoms with Gasteiger partial charge in [0.25, 0.3) is 0 Å². The van der Waals surface area contributed by atoms with E-state index in [0.29, 0.717) is 6.61 Å². The first kappa shape index (κ1) is 16.0. The molecular weight excluding hydrogens is 276 g/mol. The van der Waals surface area contributed by atoms with E-state index in [1.807, 2.05) is 0 Å². The molecule has 1 saturated carbocycles. The lowest BCUT2D eigenvalue weighted by molar-refractivity contribution is -0.144. The average Bonchev–Trinajstić information content (AvgIpc) is 2.95. The molecule has 1 saturated heterocycles. The van der Waals surface area contributed by atoms with Crippen LogP contribution in [0.3, 0.4) is 0 Å². The van der Waals surface area contributed by atoms with E-state index in [1.54, 1.807) is 4.90 Å². The number of carbonyl (C=O) groups is 2. The van der Waals surface area contributed by atoms with Crippen LogP contribution in [0.4, 0.5) is 4.79 Å². The van der Waals surface area contributed by atoms with Crippen LogP contribution in [0.5, 0.6) is 0 Å². The number of rotatable bonds is 5. The Morgan fingerprint density at radius 2 is 2.00 bits per heavy atom. The summed E-state index contributed by atoms with van der Waals surface area (Å²) >= 11 is 0. The molecule has 0 aromatic carbocycles. The molecule has 1 aliphatic heterocycles. The largest absolute Gasteiger partial charge is 0.479 e. The molecule has 21 heavy (non-hydrogen) atoms. The molecule has 0 bridgehead atoms. The number of ether oxygens (including phenoxy) is 1. The number of nitrogens with one attached hydrogen (secondary N) is 1. The summed E-state index contributed by atoms with van der Waals surface area (Å²) in [7, 11) is 0. The monoisotopic (exact) mass is 300 g/mol. The maximum Gasteiger partial charge on any atom is 0.332 e. The average molecular weight is 300 g/mol. The number of carboxylic acids is 1. The third kappa shape index (κ3) is 3.65. The highest BCUT2D eigenvalue weighted by atomic mass is 16.5. The van der Waals surface area contributed by atoms with Gasteiger partial charge in [-0.1, -0.05) is 19.3 Å². The van der Waals surface area contributed by atoms with E-state index in [0.717, 1.165) is 32.1 Å². The number of hydrogen-bond acceptors (Lipinski definition) is 4. The standard InChI is InChI=1S/C14H24N2O5/c17-8-7-16(11-4-2-1-3-5-11)13(20)15-14(12(18)19)6-9-21-10-14/h11,17H,1-10H2,(H,15,20)(H,18,19). The van der Waals surface area contributed by atoms with Crippen molar-refractivity contribution in [3.63, 3.8) is 0 Å². The van der Waals surface area contributed by atoms with Gasteiger partial charge >= 0.3 is 12.0 Å². The highest BCUT2D eigenvalue weighted by Crippen LogP contribution is 2.24. The van der Waals surface area contributed by atoms with Crippen LogP contribution < -0.4 is 5.32 Å². The zero-order chi connectivity index (χ0) is 15.3. The quantitative estimate of drug-likeness (QED) is 0.689. The second-order valence-electron chi connectivity index (χ2n) is 5.83. The SMILES string of the molecule is O=C(NC1(C(=O)O)CCOC1)N(CCO)C1CCCCC1. The van der Waals surface area contributed by atoms with Gasteiger partial charge in [0.2, 0.25) is 0 Å². The second kappa shape index (κ2) is 7.09. The topological polar surface area (TPSA) is 99.1 Å². The van der Waals surface area contributed by atoms with Gasteiger partial charge in [0.15, 0.2) is 5.54 Å². The molecule has 1 heterocycles. The molecule has 0 radical (unpaired) electrons. The Bertz CT molecular complexity index is 376. The fourth-order valence-corrected chi connectivity index (χ4v) is 3.11. The molecule has 2 amide bonds. The number of hydrogen-bond donors (Lipinski definition) is 3. The van der Waals surface area contributed by atoms with Gasteiger partial charge in [-0.2, -0.15) is 0 Å². The first-order valence-electron chi connectivity index (χ1n) is 7.60. The normalized spacial score (nSPS) is 26.5. The van der Waals surface area contributed by atoms with Crippen LogP contribution in [0.1, 0.15) is 38.5 Å². The molecule has 1 atom stereocenters. The van der Waals surface area contributed by atoms with Gasteiger partial charge in [-0.05, 0) is 12.8 Å². The predicted molar refractivity (Wildman–Crippen MR) is 75.0 cm³/mol. The number of urea groups is 1. The van der Waals surface area contributed by atoms with Crippen LogP contribution in [-0.2, 0) is 9.53 Å². The van der Waals surface area contributed by atoms with Crippen molar-refractivity contribution < 1.29 is 24.5 Å². The van der Waals surface area contributed by atoms with Crippen LogP contribution in [-0.4, -0.2) is 65.1 Å². The molecule has 0 aromatic rings. The summed E-state index contributed by atoms with van der Waals surface area (Å²) in [5, 5.41) is 21.2. The molecule has 7 heteroatoms. The van der Waals surface area contributed by atoms with Gasteiger partial charge < -0.3 is 25.2 Å². The van der Waals surface area contributed by atoms with Crippen molar-refractivity contribution in [2.45, 2.75) is 50.1 Å². The molecule has 7 nitrogen and oxygen atoms in total. The van der Waals surface area contributed by atoms with E-state index in [-0.39, 0.29) is 32.2 Å². The van der Waals surface area contributed by atoms with E-state index in [1.165, 1.54) is 0 Å². The third-order valence-corrected chi connectivity index (χ3v) is 4.39. The van der Waals surface area contributed by atoms with Crippen molar-refractivity contribution >= 4 is 12.0 Å². The molecule has 1 aliphatic carbocycles. The van der Waals surface area contributed by atoms with Gasteiger partial charge in [-0.3, -0.25) is 0 Å². The maximum absolute atomic E-state index is 12.5. The summed E-state index contributed by atoms with van der Waals surface area (Å²) in [6.45, 7) is 0.426. The van der Waals surface area contributed by atoms with Gasteiger partial charge in [0.05, 0.1) is 13.2 Å². The molecule has 2 rings (SSSR count). The molecule has 2 fully saturated rings. The lowest BCUT2D eigenvalue weighted by atomic mass is 9.94. The Balaban J connectivity index is 2.05. The molecule has 0 aromatic heterocycles. The van der Waals surface area contributed by atoms with Crippen molar-refractivity contribution in [3.05, 3.63) is 0 Å². The minimum atomic E-state index is -1.33. The molecule has 120 valence electrons. The lowest BCUT2D eigenvalue weighted by Gasteiger charge is -2.36. The lowest BCUT2D eigenvalue weighted by Crippen LogP contribution is -2.60. The molecule has 2 aliphatic rings. The highest BCUT2D eigenvalue weighted by Gasteiger charge is 2.45. The van der Waals surface area contributed by atoms with Gasteiger partial charge in [-0.15, -0.1) is 0 Å². The van der Waals surface area contributed by atoms with Crippen LogP contribution in [0.15, 0.2) is 0 Å². The Labute approximate surface area is 124 Å². The number of nitrogens with zero attached hydrogens (tertiary/aromatic N) is 1. The number of amides is 2. The van der Waals surface area contributed by atoms with Crippen molar-refractivity contribution in [3.8, 4) is 0 Å². The minimum absolute atomic E-state index is 0.00823. The predicted octanol–water partition coefficient (Wildman–Crippen LogP) is 0.567. The Hall–Kier alpha value is -1.34. The third-order valence-electron chi connectivity index (χ3n) is 4.39. The highest BCUT2D eigenvalue weighted by molar-refractivity contribution is 5.86. The van der Waals surface area contributed by atoms with Crippen LogP contribution in [0.2, 0.25) is 0 Å². The second-order valence-corrected chi connectivity index (χ2v) is 5.83. The first-order chi connectivity index (χ1) is 10.1. The molecule has 0 spiro atoms. The number of aliphatic hydroxyl groups excluding tert-OH is 1. The molecule has 3 N–H and O–H groups in total. The summed E-state index contributed by atoms with van der Waals surface area (Å²) in [6, 6.07) is -0.331. The van der Waals surface area contributed by atoms with E-state index < -0.39 is 17.5 Å². The molecule has 1 unspecified atom stereocenters. The van der Waals surface area contributed by atoms with Crippen LogP contribution >= 0.6 is 0 Å². The number of carboxylic acid groups (broad SMARTS) is 1. The summed E-state index contributed by atoms with van der Waals surface area (Å²) in [5.74, 6) is -1.07. The van der Waals surface area contributed by atoms with Crippen LogP contribution in [0, 0.1) is 0 Å². The van der Waals surface area contributed by atoms with Crippen molar-refractivity contribution in [2.24, 2.45) is 0 Å². The Morgan fingerprint density at radius 1 is 1.29 bits per heavy atom. The maximum atomic E-state index is 12.5. The summed E-state index contributed by atoms with van der Waals surface area (Å²) < 4.78 is 5.14. The summed E-state index contributed by atoms with van der Waals surface area (Å²) in [4.78, 5) is 25.5. The van der Waals surface area contributed by atoms with Gasteiger partial charge in [0, 0.05) is 25.6 Å². The van der Waals surface area contributed by atoms with Gasteiger partial charge in [-0.25, -0.2) is 9.59 Å². The fraction of sp³-hybridized carbons (Fsp3) is 0.857. The number of aliphatic carboxylic acids is 1. The van der Waals surface area contributed by atoms with Gasteiger partial charge in [0.1, 0.15) is 0 Å². The zero-order valence-corrected chi connectivity index (χ0v) is 12.2. The van der Waals surface area contributed by atoms with E-state index in [2.05, 4.69) is 5.32 Å². The van der Waals surface area contributed by atoms with Crippen molar-refractivity contribution in [2.75, 3.05) is 26.4 Å². The van der Waals surface area contributed by atoms with E-state index >= 15 is 0 Å². The zero-order valence-electron chi connectivity index (χ0n) is 12.2. The number of carbonyl (C=O) groups excluding carboxylic acids is 1. The first-order valence-corrected chi connectivity index (χ1v) is 7.60. The van der Waals surface area contributed by atoms with E-state index in [4.69, 9.17) is 4.74 Å². The number of aliphatic hydroxyl groups is 1. The van der Waals surface area contributed by atoms with E-state index in [9.17, 15) is 19.8 Å². The summed E-state index contributed by atoms with van der Waals surface area (Å²) in [6.07, 6.45) is 5.37. The summed E-state index contributed by atoms with van der Waals surface area (Å²) in [5.41, 5.74) is -1.33. The van der Waals surface area contributed by atoms with Crippen molar-refractivity contribution in [1.29, 1.82) is 0 Å². The Kier molecular flexibility index (Phi) is 5.41. The minimum Gasteiger partial charge on any atom is -0.479 e. The molecular formula is C14H24N2O5. The fourth-order valence-electron chi connectivity index (χ4n) is 3.11. The van der Waals surface area contributed by atoms with Crippen LogP contribution in [0.25, 0.3) is 0 Å². The Morgan fingerprint density at radius 3 is 2.52 bits per heavy atom. The smallest absolute Gasteiger partial charge is 0.332 e. The van der Waals surface area contributed by atoms with Crippen molar-refractivity contribution in [1.82, 2.24) is 10.2 Å².